The summed E-state index contributed by atoms with van der Waals surface area (Å²) < 4.78 is 57.1. The fraction of sp³-hybridized carbons (Fsp3) is 0.185. The van der Waals surface area contributed by atoms with E-state index in [4.69, 9.17) is 11.6 Å². The van der Waals surface area contributed by atoms with E-state index >= 15 is 0 Å². The molecule has 0 unspecified atom stereocenters. The number of rotatable bonds is 4. The van der Waals surface area contributed by atoms with E-state index in [1.54, 1.807) is 15.5 Å². The average molecular weight is 571 g/mol. The van der Waals surface area contributed by atoms with Gasteiger partial charge < -0.3 is 9.88 Å². The maximum atomic E-state index is 13.9. The third kappa shape index (κ3) is 4.31. The third-order valence-corrected chi connectivity index (χ3v) is 8.98. The molecule has 0 atom stereocenters. The van der Waals surface area contributed by atoms with Gasteiger partial charge in [0.1, 0.15) is 11.6 Å². The summed E-state index contributed by atoms with van der Waals surface area (Å²) in [6.07, 6.45) is 2.22. The predicted octanol–water partition coefficient (Wildman–Crippen LogP) is 4.93. The number of benzene rings is 3. The number of hydrogen-bond donors (Lipinski definition) is 1. The van der Waals surface area contributed by atoms with Crippen LogP contribution in [0.4, 0.5) is 8.78 Å². The number of nitrogens with zero attached hydrogens (tertiary/aromatic N) is 3. The quantitative estimate of drug-likeness (QED) is 0.331. The highest BCUT2D eigenvalue weighted by Gasteiger charge is 2.30. The fourth-order valence-electron chi connectivity index (χ4n) is 5.27. The molecule has 3 heterocycles. The first-order valence-corrected chi connectivity index (χ1v) is 14.0. The number of carbonyl (C=O) groups is 1. The molecule has 1 fully saturated rings. The van der Waals surface area contributed by atoms with Crippen molar-refractivity contribution in [2.75, 3.05) is 13.1 Å². The van der Waals surface area contributed by atoms with Crippen LogP contribution in [-0.2, 0) is 10.0 Å². The number of hydrogen-bond acceptors (Lipinski definition) is 4. The fourth-order valence-corrected chi connectivity index (χ4v) is 6.84. The van der Waals surface area contributed by atoms with Crippen molar-refractivity contribution in [3.05, 3.63) is 99.6 Å². The molecule has 0 radical (unpaired) electrons. The highest BCUT2D eigenvalue weighted by molar-refractivity contribution is 7.90. The minimum absolute atomic E-state index is 0.107. The molecule has 0 aliphatic carbocycles. The van der Waals surface area contributed by atoms with Crippen molar-refractivity contribution in [3.63, 3.8) is 0 Å². The molecule has 200 valence electrons. The molecule has 8 nitrogen and oxygen atoms in total. The maximum Gasteiger partial charge on any atom is 0.326 e. The second-order valence-electron chi connectivity index (χ2n) is 9.45. The number of nitrogens with one attached hydrogen (secondary N) is 1. The predicted molar refractivity (Wildman–Crippen MR) is 143 cm³/mol. The number of likely N-dealkylation sites (tertiary alicyclic amines) is 1. The molecule has 0 saturated carbocycles. The van der Waals surface area contributed by atoms with Crippen molar-refractivity contribution in [1.82, 2.24) is 18.4 Å². The third-order valence-electron chi connectivity index (χ3n) is 7.10. The van der Waals surface area contributed by atoms with E-state index < -0.39 is 32.5 Å². The van der Waals surface area contributed by atoms with Gasteiger partial charge >= 0.3 is 5.69 Å². The van der Waals surface area contributed by atoms with Crippen molar-refractivity contribution in [2.24, 2.45) is 0 Å². The molecule has 2 aromatic heterocycles. The molecular formula is C27H21ClF2N4O4S. The van der Waals surface area contributed by atoms with Crippen LogP contribution >= 0.6 is 11.6 Å². The molecule has 12 heteroatoms. The zero-order valence-electron chi connectivity index (χ0n) is 20.3. The van der Waals surface area contributed by atoms with Crippen LogP contribution in [0.15, 0.2) is 76.6 Å². The van der Waals surface area contributed by atoms with Crippen molar-refractivity contribution < 1.29 is 22.0 Å². The largest absolute Gasteiger partial charge is 0.338 e. The highest BCUT2D eigenvalue weighted by atomic mass is 35.5. The first-order valence-electron chi connectivity index (χ1n) is 12.1. The number of halogens is 3. The number of piperidine rings is 1. The zero-order chi connectivity index (χ0) is 27.5. The molecule has 1 amide bonds. The van der Waals surface area contributed by atoms with Crippen molar-refractivity contribution in [3.8, 4) is 0 Å². The first-order chi connectivity index (χ1) is 18.6. The Morgan fingerprint density at radius 2 is 1.64 bits per heavy atom. The van der Waals surface area contributed by atoms with E-state index in [2.05, 4.69) is 4.98 Å². The summed E-state index contributed by atoms with van der Waals surface area (Å²) in [7, 11) is -4.47. The van der Waals surface area contributed by atoms with Crippen molar-refractivity contribution in [1.29, 1.82) is 0 Å². The standard InChI is InChI=1S/C27H21ClF2N4O4S/c28-16-5-6-21-22(15-33(25(21)11-16)39(37,38)20-13-17(29)12-18(30)14-20)26(35)32-9-7-19(8-10-32)34-24-4-2-1-3-23(24)31-27(34)36/h1-6,11-15,19H,7-10H2,(H,31,36). The Labute approximate surface area is 226 Å². The van der Waals surface area contributed by atoms with Gasteiger partial charge in [0, 0.05) is 41.8 Å². The van der Waals surface area contributed by atoms with Crippen LogP contribution in [0.1, 0.15) is 29.2 Å². The van der Waals surface area contributed by atoms with Gasteiger partial charge in [0.05, 0.1) is 27.0 Å². The highest BCUT2D eigenvalue weighted by Crippen LogP contribution is 2.32. The van der Waals surface area contributed by atoms with E-state index in [1.165, 1.54) is 12.1 Å². The van der Waals surface area contributed by atoms with E-state index in [1.807, 2.05) is 24.3 Å². The molecule has 0 spiro atoms. The minimum atomic E-state index is -4.47. The molecule has 5 aromatic rings. The van der Waals surface area contributed by atoms with Gasteiger partial charge in [0.25, 0.3) is 15.9 Å². The topological polar surface area (TPSA) is 97.2 Å². The summed E-state index contributed by atoms with van der Waals surface area (Å²) in [5.41, 5.74) is 1.55. The second-order valence-corrected chi connectivity index (χ2v) is 11.7. The molecule has 1 aliphatic rings. The first kappa shape index (κ1) is 25.3. The molecule has 0 bridgehead atoms. The lowest BCUT2D eigenvalue weighted by Gasteiger charge is -2.32. The van der Waals surface area contributed by atoms with Crippen LogP contribution in [0.3, 0.4) is 0 Å². The van der Waals surface area contributed by atoms with Gasteiger partial charge in [-0.1, -0.05) is 29.8 Å². The van der Waals surface area contributed by atoms with Crippen LogP contribution in [0, 0.1) is 11.6 Å². The lowest BCUT2D eigenvalue weighted by atomic mass is 10.0. The molecular weight excluding hydrogens is 550 g/mol. The Kier molecular flexibility index (Phi) is 6.07. The van der Waals surface area contributed by atoms with Crippen LogP contribution in [0.2, 0.25) is 5.02 Å². The Morgan fingerprint density at radius 3 is 2.36 bits per heavy atom. The van der Waals surface area contributed by atoms with Crippen LogP contribution in [0.25, 0.3) is 21.9 Å². The number of imidazole rings is 1. The summed E-state index contributed by atoms with van der Waals surface area (Å²) in [4.78, 5) is 30.1. The van der Waals surface area contributed by atoms with Gasteiger partial charge in [0.15, 0.2) is 0 Å². The van der Waals surface area contributed by atoms with E-state index in [0.29, 0.717) is 49.5 Å². The Morgan fingerprint density at radius 1 is 0.949 bits per heavy atom. The number of fused-ring (bicyclic) bond motifs is 2. The number of aromatic nitrogens is 3. The summed E-state index contributed by atoms with van der Waals surface area (Å²) >= 11 is 6.14. The minimum Gasteiger partial charge on any atom is -0.338 e. The lowest BCUT2D eigenvalue weighted by molar-refractivity contribution is 0.0697. The van der Waals surface area contributed by atoms with Crippen LogP contribution in [-0.4, -0.2) is 45.8 Å². The van der Waals surface area contributed by atoms with E-state index in [9.17, 15) is 26.8 Å². The molecule has 1 N–H and O–H groups in total. The van der Waals surface area contributed by atoms with Crippen molar-refractivity contribution >= 4 is 49.5 Å². The zero-order valence-corrected chi connectivity index (χ0v) is 21.8. The average Bonchev–Trinajstić information content (AvgIpc) is 3.45. The summed E-state index contributed by atoms with van der Waals surface area (Å²) in [5.74, 6) is -2.49. The summed E-state index contributed by atoms with van der Waals surface area (Å²) in [5, 5.41) is 0.561. The normalized spacial score (nSPS) is 14.9. The maximum absolute atomic E-state index is 13.9. The summed E-state index contributed by atoms with van der Waals surface area (Å²) in [6.45, 7) is 0.690. The van der Waals surface area contributed by atoms with Gasteiger partial charge in [-0.25, -0.2) is 26.0 Å². The monoisotopic (exact) mass is 570 g/mol. The number of H-pyrrole nitrogens is 1. The van der Waals surface area contributed by atoms with Crippen molar-refractivity contribution in [2.45, 2.75) is 23.8 Å². The Bertz CT molecular complexity index is 1920. The van der Waals surface area contributed by atoms with E-state index in [0.717, 1.165) is 21.2 Å². The molecule has 3 aromatic carbocycles. The molecule has 1 saturated heterocycles. The van der Waals surface area contributed by atoms with Gasteiger partial charge in [-0.05, 0) is 49.2 Å². The Hall–Kier alpha value is -3.96. The SMILES string of the molecule is O=C(c1cn(S(=O)(=O)c2cc(F)cc(F)c2)c2cc(Cl)ccc12)N1CCC(n2c(=O)[nH]c3ccccc32)CC1. The summed E-state index contributed by atoms with van der Waals surface area (Å²) in [6, 6.07) is 13.8. The number of para-hydroxylation sites is 2. The van der Waals surface area contributed by atoms with Gasteiger partial charge in [-0.15, -0.1) is 0 Å². The smallest absolute Gasteiger partial charge is 0.326 e. The van der Waals surface area contributed by atoms with Gasteiger partial charge in [-0.2, -0.15) is 0 Å². The number of carbonyl (C=O) groups excluding carboxylic acids is 1. The molecule has 6 rings (SSSR count). The molecule has 1 aliphatic heterocycles. The molecule has 39 heavy (non-hydrogen) atoms. The Balaban J connectivity index is 1.33. The lowest BCUT2D eigenvalue weighted by Crippen LogP contribution is -2.40. The second kappa shape index (κ2) is 9.35. The van der Waals surface area contributed by atoms with Crippen LogP contribution in [0.5, 0.6) is 0 Å². The number of amides is 1. The number of aromatic amines is 1. The van der Waals surface area contributed by atoms with Crippen LogP contribution < -0.4 is 5.69 Å². The van der Waals surface area contributed by atoms with Gasteiger partial charge in [0.2, 0.25) is 0 Å². The van der Waals surface area contributed by atoms with E-state index in [-0.39, 0.29) is 27.8 Å². The van der Waals surface area contributed by atoms with Gasteiger partial charge in [-0.3, -0.25) is 9.36 Å².